The molecule has 0 spiro atoms. The second-order valence-electron chi connectivity index (χ2n) is 4.36. The number of carboxylic acid groups (broad SMARTS) is 1. The number of carbonyl (C=O) groups is 1. The fourth-order valence-corrected chi connectivity index (χ4v) is 1.80. The first-order valence-corrected chi connectivity index (χ1v) is 5.83. The Hall–Kier alpha value is -2.51. The van der Waals surface area contributed by atoms with E-state index in [1.54, 1.807) is 6.07 Å². The van der Waals surface area contributed by atoms with E-state index >= 15 is 0 Å². The highest BCUT2D eigenvalue weighted by molar-refractivity contribution is 5.93. The van der Waals surface area contributed by atoms with Crippen LogP contribution in [0.5, 0.6) is 0 Å². The van der Waals surface area contributed by atoms with Gasteiger partial charge >= 0.3 is 12.1 Å². The van der Waals surface area contributed by atoms with Gasteiger partial charge in [0.1, 0.15) is 17.1 Å². The fraction of sp³-hybridized carbons (Fsp3) is 0.231. The number of rotatable bonds is 4. The van der Waals surface area contributed by atoms with Crippen molar-refractivity contribution in [2.45, 2.75) is 12.7 Å². The first kappa shape index (κ1) is 14.9. The molecule has 0 amide bonds. The lowest BCUT2D eigenvalue weighted by molar-refractivity contribution is -0.141. The van der Waals surface area contributed by atoms with Crippen LogP contribution in [0.3, 0.4) is 0 Å². The number of aromatic nitrogens is 1. The number of hydrogen-bond donors (Lipinski definition) is 1. The molecule has 1 N–H and O–H groups in total. The van der Waals surface area contributed by atoms with Crippen molar-refractivity contribution in [1.29, 1.82) is 0 Å². The molecule has 21 heavy (non-hydrogen) atoms. The summed E-state index contributed by atoms with van der Waals surface area (Å²) in [5.41, 5.74) is -0.747. The van der Waals surface area contributed by atoms with E-state index in [2.05, 4.69) is 4.98 Å². The monoisotopic (exact) mass is 300 g/mol. The van der Waals surface area contributed by atoms with Gasteiger partial charge in [-0.15, -0.1) is 0 Å². The molecule has 112 valence electrons. The SMILES string of the molecule is CN(Cc1ccoc1)c1nc(C(F)(F)F)ccc1C(=O)O. The van der Waals surface area contributed by atoms with Crippen molar-refractivity contribution in [3.63, 3.8) is 0 Å². The summed E-state index contributed by atoms with van der Waals surface area (Å²) in [6.07, 6.45) is -1.80. The standard InChI is InChI=1S/C13H11F3N2O3/c1-18(6-8-4-5-21-7-8)11-9(12(19)20)2-3-10(17-11)13(14,15)16/h2-5,7H,6H2,1H3,(H,19,20). The van der Waals surface area contributed by atoms with E-state index in [9.17, 15) is 18.0 Å². The topological polar surface area (TPSA) is 66.6 Å². The van der Waals surface area contributed by atoms with E-state index in [4.69, 9.17) is 9.52 Å². The van der Waals surface area contributed by atoms with Gasteiger partial charge in [-0.3, -0.25) is 0 Å². The summed E-state index contributed by atoms with van der Waals surface area (Å²) >= 11 is 0. The quantitative estimate of drug-likeness (QED) is 0.940. The van der Waals surface area contributed by atoms with Gasteiger partial charge in [-0.05, 0) is 18.2 Å². The zero-order chi connectivity index (χ0) is 15.6. The predicted molar refractivity (Wildman–Crippen MR) is 67.0 cm³/mol. The minimum atomic E-state index is -4.64. The third-order valence-corrected chi connectivity index (χ3v) is 2.76. The zero-order valence-electron chi connectivity index (χ0n) is 10.9. The molecule has 0 aliphatic rings. The Bertz CT molecular complexity index is 639. The van der Waals surface area contributed by atoms with Gasteiger partial charge in [-0.25, -0.2) is 9.78 Å². The number of aromatic carboxylic acids is 1. The maximum absolute atomic E-state index is 12.7. The Balaban J connectivity index is 2.40. The van der Waals surface area contributed by atoms with E-state index in [0.717, 1.165) is 6.07 Å². The van der Waals surface area contributed by atoms with Crippen molar-refractivity contribution in [3.05, 3.63) is 47.5 Å². The van der Waals surface area contributed by atoms with Crippen LogP contribution in [-0.2, 0) is 12.7 Å². The Morgan fingerprint density at radius 1 is 1.38 bits per heavy atom. The number of furan rings is 1. The molecule has 0 unspecified atom stereocenters. The lowest BCUT2D eigenvalue weighted by Gasteiger charge is -2.20. The highest BCUT2D eigenvalue weighted by Crippen LogP contribution is 2.30. The molecule has 0 radical (unpaired) electrons. The molecule has 0 aromatic carbocycles. The van der Waals surface area contributed by atoms with Crippen molar-refractivity contribution < 1.29 is 27.5 Å². The summed E-state index contributed by atoms with van der Waals surface area (Å²) in [5, 5.41) is 9.07. The van der Waals surface area contributed by atoms with Gasteiger partial charge in [-0.1, -0.05) is 0 Å². The number of halogens is 3. The second kappa shape index (κ2) is 5.47. The lowest BCUT2D eigenvalue weighted by Crippen LogP contribution is -2.22. The molecule has 0 bridgehead atoms. The van der Waals surface area contributed by atoms with Crippen molar-refractivity contribution in [3.8, 4) is 0 Å². The molecule has 2 rings (SSSR count). The first-order chi connectivity index (χ1) is 9.79. The van der Waals surface area contributed by atoms with Gasteiger partial charge < -0.3 is 14.4 Å². The summed E-state index contributed by atoms with van der Waals surface area (Å²) in [7, 11) is 1.46. The average molecular weight is 300 g/mol. The third-order valence-electron chi connectivity index (χ3n) is 2.76. The summed E-state index contributed by atoms with van der Waals surface area (Å²) < 4.78 is 43.0. The van der Waals surface area contributed by atoms with Crippen LogP contribution in [0.1, 0.15) is 21.6 Å². The van der Waals surface area contributed by atoms with Gasteiger partial charge in [0.2, 0.25) is 0 Å². The van der Waals surface area contributed by atoms with E-state index in [1.165, 1.54) is 24.5 Å². The summed E-state index contributed by atoms with van der Waals surface area (Å²) in [6.45, 7) is 0.172. The first-order valence-electron chi connectivity index (χ1n) is 5.83. The van der Waals surface area contributed by atoms with Crippen LogP contribution in [0.25, 0.3) is 0 Å². The van der Waals surface area contributed by atoms with Gasteiger partial charge in [-0.2, -0.15) is 13.2 Å². The number of nitrogens with zero attached hydrogens (tertiary/aromatic N) is 2. The van der Waals surface area contributed by atoms with Gasteiger partial charge in [0.05, 0.1) is 12.5 Å². The Morgan fingerprint density at radius 2 is 2.10 bits per heavy atom. The van der Waals surface area contributed by atoms with Crippen molar-refractivity contribution >= 4 is 11.8 Å². The van der Waals surface area contributed by atoms with Gasteiger partial charge in [0.25, 0.3) is 0 Å². The average Bonchev–Trinajstić information content (AvgIpc) is 2.89. The maximum atomic E-state index is 12.7. The number of alkyl halides is 3. The fourth-order valence-electron chi connectivity index (χ4n) is 1.80. The van der Waals surface area contributed by atoms with Crippen LogP contribution < -0.4 is 4.90 Å². The molecular formula is C13H11F3N2O3. The van der Waals surface area contributed by atoms with Crippen LogP contribution in [-0.4, -0.2) is 23.1 Å². The lowest BCUT2D eigenvalue weighted by atomic mass is 10.2. The number of pyridine rings is 1. The molecule has 8 heteroatoms. The molecule has 0 fully saturated rings. The zero-order valence-corrected chi connectivity index (χ0v) is 10.9. The second-order valence-corrected chi connectivity index (χ2v) is 4.36. The molecular weight excluding hydrogens is 289 g/mol. The van der Waals surface area contributed by atoms with Crippen molar-refractivity contribution in [2.24, 2.45) is 0 Å². The van der Waals surface area contributed by atoms with Gasteiger partial charge in [0.15, 0.2) is 0 Å². The molecule has 5 nitrogen and oxygen atoms in total. The van der Waals surface area contributed by atoms with E-state index in [-0.39, 0.29) is 17.9 Å². The van der Waals surface area contributed by atoms with E-state index in [1.807, 2.05) is 0 Å². The molecule has 0 atom stereocenters. The molecule has 0 aliphatic heterocycles. The highest BCUT2D eigenvalue weighted by Gasteiger charge is 2.34. The largest absolute Gasteiger partial charge is 0.478 e. The van der Waals surface area contributed by atoms with Crippen molar-refractivity contribution in [1.82, 2.24) is 4.98 Å². The van der Waals surface area contributed by atoms with Crippen LogP contribution in [0.15, 0.2) is 35.1 Å². The number of carboxylic acids is 1. The number of anilines is 1. The Kier molecular flexibility index (Phi) is 3.88. The molecule has 2 heterocycles. The smallest absolute Gasteiger partial charge is 0.433 e. The minimum absolute atomic E-state index is 0.172. The molecule has 2 aromatic rings. The Labute approximate surface area is 117 Å². The molecule has 0 saturated heterocycles. The Morgan fingerprint density at radius 3 is 2.62 bits per heavy atom. The van der Waals surface area contributed by atoms with Crippen LogP contribution in [0, 0.1) is 0 Å². The molecule has 0 saturated carbocycles. The van der Waals surface area contributed by atoms with Crippen LogP contribution in [0.4, 0.5) is 19.0 Å². The van der Waals surface area contributed by atoms with Gasteiger partial charge in [0, 0.05) is 19.2 Å². The maximum Gasteiger partial charge on any atom is 0.433 e. The van der Waals surface area contributed by atoms with Crippen molar-refractivity contribution in [2.75, 3.05) is 11.9 Å². The molecule has 2 aromatic heterocycles. The van der Waals surface area contributed by atoms with E-state index in [0.29, 0.717) is 11.6 Å². The number of hydrogen-bond acceptors (Lipinski definition) is 4. The summed E-state index contributed by atoms with van der Waals surface area (Å²) in [5.74, 6) is -1.59. The van der Waals surface area contributed by atoms with Crippen LogP contribution >= 0.6 is 0 Å². The highest BCUT2D eigenvalue weighted by atomic mass is 19.4. The van der Waals surface area contributed by atoms with Crippen LogP contribution in [0.2, 0.25) is 0 Å². The third kappa shape index (κ3) is 3.33. The summed E-state index contributed by atoms with van der Waals surface area (Å²) in [4.78, 5) is 15.9. The molecule has 0 aliphatic carbocycles. The minimum Gasteiger partial charge on any atom is -0.478 e. The predicted octanol–water partition coefficient (Wildman–Crippen LogP) is 3.03. The normalized spacial score (nSPS) is 11.4. The van der Waals surface area contributed by atoms with E-state index < -0.39 is 17.8 Å². The summed E-state index contributed by atoms with van der Waals surface area (Å²) in [6, 6.07) is 3.18.